The molecule has 0 saturated heterocycles. The zero-order chi connectivity index (χ0) is 32.7. The van der Waals surface area contributed by atoms with E-state index < -0.39 is 19.1 Å². The first-order valence-corrected chi connectivity index (χ1v) is 15.4. The van der Waals surface area contributed by atoms with Gasteiger partial charge < -0.3 is 19.5 Å². The van der Waals surface area contributed by atoms with Crippen LogP contribution in [0.15, 0.2) is 73.1 Å². The second-order valence-electron chi connectivity index (χ2n) is 9.44. The summed E-state index contributed by atoms with van der Waals surface area (Å²) in [6.45, 7) is 3.73. The second kappa shape index (κ2) is 15.4. The van der Waals surface area contributed by atoms with E-state index in [1.807, 2.05) is 50.2 Å². The van der Waals surface area contributed by atoms with Crippen LogP contribution in [-0.4, -0.2) is 73.3 Å². The summed E-state index contributed by atoms with van der Waals surface area (Å²) in [6.07, 6.45) is 3.37. The van der Waals surface area contributed by atoms with Crippen LogP contribution in [0.1, 0.15) is 32.4 Å². The van der Waals surface area contributed by atoms with Crippen molar-refractivity contribution >= 4 is 91.5 Å². The number of pyridine rings is 2. The van der Waals surface area contributed by atoms with E-state index in [9.17, 15) is 9.59 Å². The van der Waals surface area contributed by atoms with Gasteiger partial charge in [-0.1, -0.05) is 18.2 Å². The van der Waals surface area contributed by atoms with Crippen LogP contribution in [0.3, 0.4) is 0 Å². The van der Waals surface area contributed by atoms with Gasteiger partial charge in [-0.05, 0) is 107 Å². The minimum atomic E-state index is -1.35. The summed E-state index contributed by atoms with van der Waals surface area (Å²) < 4.78 is 13.2. The highest BCUT2D eigenvalue weighted by molar-refractivity contribution is 14.1. The van der Waals surface area contributed by atoms with Crippen LogP contribution >= 0.6 is 45.2 Å². The Hall–Kier alpha value is -3.94. The number of carbonyl (C=O) groups is 2. The van der Waals surface area contributed by atoms with Gasteiger partial charge in [-0.25, -0.2) is 14.3 Å². The molecule has 4 aromatic heterocycles. The molecule has 0 aliphatic rings. The highest BCUT2D eigenvalue weighted by Gasteiger charge is 2.19. The smallest absolute Gasteiger partial charge is 0.464 e. The van der Waals surface area contributed by atoms with Crippen LogP contribution in [0.25, 0.3) is 27.5 Å². The fourth-order valence-electron chi connectivity index (χ4n) is 4.11. The third-order valence-corrected chi connectivity index (χ3v) is 7.59. The molecule has 6 aromatic rings. The van der Waals surface area contributed by atoms with Crippen molar-refractivity contribution in [2.75, 3.05) is 14.2 Å². The lowest BCUT2D eigenvalue weighted by atomic mass is 9.81. The number of benzene rings is 2. The summed E-state index contributed by atoms with van der Waals surface area (Å²) in [5.74, 6) is -0.892. The Morgan fingerprint density at radius 3 is 2.02 bits per heavy atom. The third kappa shape index (κ3) is 8.41. The van der Waals surface area contributed by atoms with Crippen molar-refractivity contribution in [3.63, 3.8) is 0 Å². The van der Waals surface area contributed by atoms with Gasteiger partial charge in [0.1, 0.15) is 0 Å². The Morgan fingerprint density at radius 2 is 1.42 bits per heavy atom. The maximum Gasteiger partial charge on any atom is 0.488 e. The normalized spacial score (nSPS) is 10.4. The molecule has 0 radical (unpaired) electrons. The molecule has 15 heteroatoms. The number of hydrogen-bond acceptors (Lipinski definition) is 10. The Morgan fingerprint density at radius 1 is 0.822 bits per heavy atom. The topological polar surface area (TPSA) is 165 Å². The van der Waals surface area contributed by atoms with E-state index in [0.717, 1.165) is 46.0 Å². The Kier molecular flexibility index (Phi) is 11.6. The lowest BCUT2D eigenvalue weighted by Gasteiger charge is -2.03. The van der Waals surface area contributed by atoms with Crippen molar-refractivity contribution in [3.05, 3.63) is 103 Å². The van der Waals surface area contributed by atoms with E-state index in [0.29, 0.717) is 16.9 Å². The number of carbonyl (C=O) groups excluding carboxylic acids is 2. The molecule has 4 heterocycles. The van der Waals surface area contributed by atoms with E-state index in [1.54, 1.807) is 41.3 Å². The van der Waals surface area contributed by atoms with E-state index in [1.165, 1.54) is 14.2 Å². The number of aryl methyl sites for hydroxylation is 2. The molecule has 6 rings (SSSR count). The largest absolute Gasteiger partial charge is 0.488 e. The average molecular weight is 832 g/mol. The van der Waals surface area contributed by atoms with Gasteiger partial charge in [0.2, 0.25) is 0 Å². The summed E-state index contributed by atoms with van der Waals surface area (Å²) in [4.78, 5) is 31.6. The Bertz CT molecular complexity index is 1980. The minimum Gasteiger partial charge on any atom is -0.464 e. The first-order valence-electron chi connectivity index (χ1n) is 13.2. The fourth-order valence-corrected chi connectivity index (χ4v) is 5.21. The fraction of sp³-hybridized carbons (Fsp3) is 0.133. The molecular weight excluding hydrogens is 805 g/mol. The van der Waals surface area contributed by atoms with Crippen LogP contribution in [0.5, 0.6) is 0 Å². The maximum atomic E-state index is 11.9. The van der Waals surface area contributed by atoms with Crippen molar-refractivity contribution in [2.45, 2.75) is 13.8 Å². The number of hydrogen-bond donors (Lipinski definition) is 3. The van der Waals surface area contributed by atoms with Gasteiger partial charge in [0.15, 0.2) is 11.4 Å². The lowest BCUT2D eigenvalue weighted by Crippen LogP contribution is -2.29. The summed E-state index contributed by atoms with van der Waals surface area (Å²) in [7, 11) is 1.33. The number of halogens is 2. The first-order chi connectivity index (χ1) is 21.5. The van der Waals surface area contributed by atoms with Crippen molar-refractivity contribution in [1.29, 1.82) is 0 Å². The Balaban J connectivity index is 0.000000166. The SMILES string of the molecule is COC(=O)c1n[nH]c2cnc(C)cc12.COC(=O)c1nn(-c2cccc(I)c2)c2cnc(C)cc12.OB(O)c1cccc(I)c1. The van der Waals surface area contributed by atoms with Gasteiger partial charge >= 0.3 is 19.1 Å². The van der Waals surface area contributed by atoms with Crippen molar-refractivity contribution in [2.24, 2.45) is 0 Å². The first kappa shape index (κ1) is 33.9. The Labute approximate surface area is 285 Å². The van der Waals surface area contributed by atoms with Crippen molar-refractivity contribution in [1.82, 2.24) is 29.9 Å². The molecule has 230 valence electrons. The van der Waals surface area contributed by atoms with Crippen molar-refractivity contribution < 1.29 is 29.1 Å². The number of H-pyrrole nitrogens is 1. The van der Waals surface area contributed by atoms with Crippen LogP contribution in [0.2, 0.25) is 0 Å². The molecule has 0 unspecified atom stereocenters. The summed E-state index contributed by atoms with van der Waals surface area (Å²) in [5.41, 5.74) is 5.20. The molecule has 45 heavy (non-hydrogen) atoms. The molecule has 0 atom stereocenters. The average Bonchev–Trinajstić information content (AvgIpc) is 3.62. The molecule has 0 spiro atoms. The highest BCUT2D eigenvalue weighted by atomic mass is 127. The molecular formula is C30H27BI2N6O6. The molecule has 0 aliphatic heterocycles. The summed E-state index contributed by atoms with van der Waals surface area (Å²) >= 11 is 4.36. The number of aromatic amines is 1. The molecule has 3 N–H and O–H groups in total. The van der Waals surface area contributed by atoms with Gasteiger partial charge in [-0.3, -0.25) is 15.1 Å². The quantitative estimate of drug-likeness (QED) is 0.134. The van der Waals surface area contributed by atoms with E-state index in [2.05, 4.69) is 75.2 Å². The van der Waals surface area contributed by atoms with Crippen molar-refractivity contribution in [3.8, 4) is 5.69 Å². The number of ether oxygens (including phenoxy) is 2. The molecule has 12 nitrogen and oxygen atoms in total. The highest BCUT2D eigenvalue weighted by Crippen LogP contribution is 2.24. The van der Waals surface area contributed by atoms with Gasteiger partial charge in [0.05, 0.1) is 43.3 Å². The molecule has 0 amide bonds. The molecule has 0 fully saturated rings. The number of aromatic nitrogens is 6. The molecule has 0 aliphatic carbocycles. The van der Waals surface area contributed by atoms with E-state index in [4.69, 9.17) is 14.8 Å². The molecule has 0 saturated carbocycles. The van der Waals surface area contributed by atoms with E-state index in [-0.39, 0.29) is 0 Å². The maximum absolute atomic E-state index is 11.9. The zero-order valence-electron chi connectivity index (χ0n) is 24.5. The predicted octanol–water partition coefficient (Wildman–Crippen LogP) is 4.14. The summed E-state index contributed by atoms with van der Waals surface area (Å²) in [5, 5.41) is 29.9. The number of nitrogens with zero attached hydrogens (tertiary/aromatic N) is 5. The number of methoxy groups -OCH3 is 2. The van der Waals surface area contributed by atoms with Gasteiger partial charge in [0, 0.05) is 29.3 Å². The number of fused-ring (bicyclic) bond motifs is 2. The molecule has 2 aromatic carbocycles. The lowest BCUT2D eigenvalue weighted by molar-refractivity contribution is 0.0587. The van der Waals surface area contributed by atoms with Crippen LogP contribution in [0.4, 0.5) is 0 Å². The third-order valence-electron chi connectivity index (χ3n) is 6.24. The van der Waals surface area contributed by atoms with Crippen LogP contribution in [0, 0.1) is 21.0 Å². The van der Waals surface area contributed by atoms with Gasteiger partial charge in [-0.2, -0.15) is 10.2 Å². The number of nitrogens with one attached hydrogen (secondary N) is 1. The van der Waals surface area contributed by atoms with Gasteiger partial charge in [0.25, 0.3) is 0 Å². The monoisotopic (exact) mass is 832 g/mol. The van der Waals surface area contributed by atoms with Gasteiger partial charge in [-0.15, -0.1) is 0 Å². The van der Waals surface area contributed by atoms with E-state index >= 15 is 0 Å². The number of rotatable bonds is 4. The number of esters is 2. The van der Waals surface area contributed by atoms with Crippen LogP contribution < -0.4 is 5.46 Å². The summed E-state index contributed by atoms with van der Waals surface area (Å²) in [6, 6.07) is 18.6. The minimum absolute atomic E-state index is 0.299. The predicted molar refractivity (Wildman–Crippen MR) is 187 cm³/mol. The zero-order valence-corrected chi connectivity index (χ0v) is 28.8. The van der Waals surface area contributed by atoms with Crippen LogP contribution in [-0.2, 0) is 9.47 Å². The second-order valence-corrected chi connectivity index (χ2v) is 11.9. The molecule has 0 bridgehead atoms. The standard InChI is InChI=1S/C15H12IN3O2.C9H9N3O2.C6H6BIO2/c1-9-6-12-13(8-17-9)19(18-14(12)15(20)21-2)11-5-3-4-10(16)7-11;1-5-3-6-7(4-10-5)11-12-8(6)9(13)14-2;8-6-3-1-2-5(4-6)7(9)10/h3-8H,1-2H3;3-4H,1-2H3,(H,11,12);1-4,9-10H.